The lowest BCUT2D eigenvalue weighted by atomic mass is 10.0. The molecule has 1 aromatic rings. The number of carbonyl (C=O) groups excluding carboxylic acids is 1. The standard InChI is InChI=1S/C12H21N3OS/c1-8(2)5-11(13)12(16)15(4)7-10-6-14-9(3)17-10/h6,8,11H,5,7,13H2,1-4H3/t11-/m1/s1. The number of carbonyl (C=O) groups is 1. The molecule has 1 atom stereocenters. The molecule has 0 spiro atoms. The number of aryl methyl sites for hydroxylation is 1. The van der Waals surface area contributed by atoms with Gasteiger partial charge in [-0.25, -0.2) is 4.98 Å². The quantitative estimate of drug-likeness (QED) is 0.872. The third-order valence-corrected chi connectivity index (χ3v) is 3.38. The molecule has 96 valence electrons. The van der Waals surface area contributed by atoms with Gasteiger partial charge in [0.15, 0.2) is 0 Å². The van der Waals surface area contributed by atoms with Crippen LogP contribution in [0.4, 0.5) is 0 Å². The average molecular weight is 255 g/mol. The number of hydrogen-bond acceptors (Lipinski definition) is 4. The van der Waals surface area contributed by atoms with Crippen LogP contribution >= 0.6 is 11.3 Å². The number of rotatable bonds is 5. The summed E-state index contributed by atoms with van der Waals surface area (Å²) < 4.78 is 0. The van der Waals surface area contributed by atoms with Gasteiger partial charge in [-0.05, 0) is 19.3 Å². The molecule has 0 aliphatic rings. The number of likely N-dealkylation sites (N-methyl/N-ethyl adjacent to an activating group) is 1. The molecule has 0 aromatic carbocycles. The largest absolute Gasteiger partial charge is 0.339 e. The zero-order valence-corrected chi connectivity index (χ0v) is 11.8. The maximum atomic E-state index is 12.0. The molecule has 0 bridgehead atoms. The summed E-state index contributed by atoms with van der Waals surface area (Å²) in [6.07, 6.45) is 2.54. The summed E-state index contributed by atoms with van der Waals surface area (Å²) in [6.45, 7) is 6.69. The Morgan fingerprint density at radius 2 is 2.24 bits per heavy atom. The Morgan fingerprint density at radius 3 is 2.71 bits per heavy atom. The second-order valence-electron chi connectivity index (χ2n) is 4.78. The van der Waals surface area contributed by atoms with Crippen molar-refractivity contribution in [2.45, 2.75) is 39.8 Å². The lowest BCUT2D eigenvalue weighted by Crippen LogP contribution is -2.42. The predicted octanol–water partition coefficient (Wildman–Crippen LogP) is 1.78. The molecule has 4 nitrogen and oxygen atoms in total. The minimum atomic E-state index is -0.394. The molecule has 0 unspecified atom stereocenters. The molecule has 1 heterocycles. The molecule has 1 rings (SSSR count). The lowest BCUT2D eigenvalue weighted by Gasteiger charge is -2.21. The molecule has 2 N–H and O–H groups in total. The molecule has 0 aliphatic carbocycles. The lowest BCUT2D eigenvalue weighted by molar-refractivity contribution is -0.132. The summed E-state index contributed by atoms with van der Waals surface area (Å²) in [5.41, 5.74) is 5.87. The highest BCUT2D eigenvalue weighted by molar-refractivity contribution is 7.11. The van der Waals surface area contributed by atoms with Crippen molar-refractivity contribution in [2.24, 2.45) is 11.7 Å². The van der Waals surface area contributed by atoms with Gasteiger partial charge in [-0.3, -0.25) is 4.79 Å². The smallest absolute Gasteiger partial charge is 0.239 e. The van der Waals surface area contributed by atoms with E-state index in [4.69, 9.17) is 5.73 Å². The fraction of sp³-hybridized carbons (Fsp3) is 0.667. The van der Waals surface area contributed by atoms with Crippen molar-refractivity contribution in [1.82, 2.24) is 9.88 Å². The number of hydrogen-bond donors (Lipinski definition) is 1. The van der Waals surface area contributed by atoms with Crippen molar-refractivity contribution in [2.75, 3.05) is 7.05 Å². The monoisotopic (exact) mass is 255 g/mol. The summed E-state index contributed by atoms with van der Waals surface area (Å²) in [7, 11) is 1.79. The molecule has 5 heteroatoms. The topological polar surface area (TPSA) is 59.2 Å². The summed E-state index contributed by atoms with van der Waals surface area (Å²) in [4.78, 5) is 18.9. The van der Waals surface area contributed by atoms with Crippen molar-refractivity contribution < 1.29 is 4.79 Å². The van der Waals surface area contributed by atoms with E-state index in [9.17, 15) is 4.79 Å². The van der Waals surface area contributed by atoms with Gasteiger partial charge in [0.25, 0.3) is 0 Å². The molecule has 17 heavy (non-hydrogen) atoms. The van der Waals surface area contributed by atoms with Gasteiger partial charge in [-0.2, -0.15) is 0 Å². The van der Waals surface area contributed by atoms with Crippen LogP contribution in [-0.4, -0.2) is 28.9 Å². The Balaban J connectivity index is 2.52. The Kier molecular flexibility index (Phi) is 5.08. The van der Waals surface area contributed by atoms with Crippen molar-refractivity contribution >= 4 is 17.2 Å². The van der Waals surface area contributed by atoms with Crippen LogP contribution in [0.3, 0.4) is 0 Å². The van der Waals surface area contributed by atoms with E-state index in [-0.39, 0.29) is 5.91 Å². The van der Waals surface area contributed by atoms with Crippen LogP contribution in [0, 0.1) is 12.8 Å². The average Bonchev–Trinajstić information content (AvgIpc) is 2.61. The van der Waals surface area contributed by atoms with Gasteiger partial charge in [0.2, 0.25) is 5.91 Å². The molecular weight excluding hydrogens is 234 g/mol. The molecular formula is C12H21N3OS. The zero-order valence-electron chi connectivity index (χ0n) is 10.9. The van der Waals surface area contributed by atoms with Crippen LogP contribution in [0.15, 0.2) is 6.20 Å². The zero-order chi connectivity index (χ0) is 13.0. The van der Waals surface area contributed by atoms with E-state index in [0.29, 0.717) is 12.5 Å². The Morgan fingerprint density at radius 1 is 1.59 bits per heavy atom. The van der Waals surface area contributed by atoms with Gasteiger partial charge in [0.05, 0.1) is 17.6 Å². The first-order valence-corrected chi connectivity index (χ1v) is 6.63. The van der Waals surface area contributed by atoms with Crippen molar-refractivity contribution in [3.05, 3.63) is 16.1 Å². The van der Waals surface area contributed by atoms with Crippen molar-refractivity contribution in [3.63, 3.8) is 0 Å². The molecule has 0 saturated carbocycles. The third kappa shape index (κ3) is 4.44. The number of aromatic nitrogens is 1. The number of amides is 1. The second-order valence-corrected chi connectivity index (χ2v) is 6.10. The van der Waals surface area contributed by atoms with E-state index in [1.54, 1.807) is 23.3 Å². The van der Waals surface area contributed by atoms with Crippen LogP contribution in [0.2, 0.25) is 0 Å². The maximum absolute atomic E-state index is 12.0. The van der Waals surface area contributed by atoms with E-state index in [2.05, 4.69) is 18.8 Å². The van der Waals surface area contributed by atoms with Crippen molar-refractivity contribution in [3.8, 4) is 0 Å². The summed E-state index contributed by atoms with van der Waals surface area (Å²) in [5, 5.41) is 1.02. The highest BCUT2D eigenvalue weighted by Gasteiger charge is 2.19. The molecule has 0 aliphatic heterocycles. The van der Waals surface area contributed by atoms with Gasteiger partial charge in [0.1, 0.15) is 0 Å². The maximum Gasteiger partial charge on any atom is 0.239 e. The molecule has 0 saturated heterocycles. The van der Waals surface area contributed by atoms with Gasteiger partial charge < -0.3 is 10.6 Å². The normalized spacial score (nSPS) is 12.8. The fourth-order valence-electron chi connectivity index (χ4n) is 1.68. The van der Waals surface area contributed by atoms with Crippen molar-refractivity contribution in [1.29, 1.82) is 0 Å². The first-order valence-electron chi connectivity index (χ1n) is 5.82. The van der Waals surface area contributed by atoms with Crippen LogP contribution < -0.4 is 5.73 Å². The van der Waals surface area contributed by atoms with Crippen LogP contribution in [0.5, 0.6) is 0 Å². The molecule has 0 fully saturated rings. The number of nitrogens with zero attached hydrogens (tertiary/aromatic N) is 2. The van der Waals surface area contributed by atoms with Gasteiger partial charge in [0, 0.05) is 18.1 Å². The first-order chi connectivity index (χ1) is 7.90. The fourth-order valence-corrected chi connectivity index (χ4v) is 2.53. The summed E-state index contributed by atoms with van der Waals surface area (Å²) in [6, 6.07) is -0.394. The first kappa shape index (κ1) is 14.1. The highest BCUT2D eigenvalue weighted by Crippen LogP contribution is 2.14. The molecule has 1 aromatic heterocycles. The second kappa shape index (κ2) is 6.12. The van der Waals surface area contributed by atoms with E-state index in [1.165, 1.54) is 0 Å². The van der Waals surface area contributed by atoms with Gasteiger partial charge >= 0.3 is 0 Å². The van der Waals surface area contributed by atoms with E-state index >= 15 is 0 Å². The minimum Gasteiger partial charge on any atom is -0.339 e. The Labute approximate surface area is 107 Å². The number of thiazole rings is 1. The SMILES string of the molecule is Cc1ncc(CN(C)C(=O)[C@H](N)CC(C)C)s1. The Hall–Kier alpha value is -0.940. The molecule has 1 amide bonds. The Bertz CT molecular complexity index is 376. The van der Waals surface area contributed by atoms with Gasteiger partial charge in [-0.1, -0.05) is 13.8 Å². The minimum absolute atomic E-state index is 0.00440. The van der Waals surface area contributed by atoms with Crippen LogP contribution in [0.1, 0.15) is 30.2 Å². The van der Waals surface area contributed by atoms with Crippen LogP contribution in [0.25, 0.3) is 0 Å². The van der Waals surface area contributed by atoms with Gasteiger partial charge in [-0.15, -0.1) is 11.3 Å². The highest BCUT2D eigenvalue weighted by atomic mass is 32.1. The van der Waals surface area contributed by atoms with E-state index in [0.717, 1.165) is 16.3 Å². The summed E-state index contributed by atoms with van der Waals surface area (Å²) >= 11 is 1.61. The molecule has 0 radical (unpaired) electrons. The third-order valence-electron chi connectivity index (χ3n) is 2.48. The number of nitrogens with two attached hydrogens (primary N) is 1. The predicted molar refractivity (Wildman–Crippen MR) is 70.8 cm³/mol. The van der Waals surface area contributed by atoms with E-state index in [1.807, 2.05) is 13.1 Å². The van der Waals surface area contributed by atoms with Crippen LogP contribution in [-0.2, 0) is 11.3 Å². The summed E-state index contributed by atoms with van der Waals surface area (Å²) in [5.74, 6) is 0.442. The van der Waals surface area contributed by atoms with E-state index < -0.39 is 6.04 Å².